The fraction of sp³-hybridized carbons (Fsp3) is 0.459. The third-order valence-corrected chi connectivity index (χ3v) is 9.62. The quantitative estimate of drug-likeness (QED) is 0.203. The minimum absolute atomic E-state index is 0.0183. The number of nitrogens with one attached hydrogen (secondary N) is 1. The molecule has 0 radical (unpaired) electrons. The molecule has 256 valence electrons. The molecule has 0 saturated heterocycles. The number of carbonyl (C=O) groups is 2. The molecule has 0 aliphatic heterocycles. The van der Waals surface area contributed by atoms with Crippen molar-refractivity contribution in [2.24, 2.45) is 0 Å². The first kappa shape index (κ1) is 37.6. The Morgan fingerprint density at radius 2 is 1.28 bits per heavy atom. The Morgan fingerprint density at radius 1 is 0.787 bits per heavy atom. The van der Waals surface area contributed by atoms with Crippen LogP contribution >= 0.6 is 0 Å². The van der Waals surface area contributed by atoms with Gasteiger partial charge in [-0.3, -0.25) is 4.90 Å². The average Bonchev–Trinajstić information content (AvgIpc) is 2.98. The summed E-state index contributed by atoms with van der Waals surface area (Å²) in [6.07, 6.45) is -2.30. The summed E-state index contributed by atoms with van der Waals surface area (Å²) >= 11 is 0. The van der Waals surface area contributed by atoms with Gasteiger partial charge in [-0.05, 0) is 77.6 Å². The normalized spacial score (nSPS) is 14.7. The molecule has 10 heteroatoms. The molecule has 0 saturated carbocycles. The first-order valence-electron chi connectivity index (χ1n) is 16.1. The summed E-state index contributed by atoms with van der Waals surface area (Å²) in [6, 6.07) is 24.1. The van der Waals surface area contributed by atoms with E-state index in [-0.39, 0.29) is 24.3 Å². The predicted octanol–water partition coefficient (Wildman–Crippen LogP) is 6.93. The van der Waals surface area contributed by atoms with Gasteiger partial charge < -0.3 is 19.9 Å². The molecule has 3 rings (SSSR count). The predicted molar refractivity (Wildman–Crippen MR) is 184 cm³/mol. The average molecular weight is 667 g/mol. The minimum Gasteiger partial charge on any atom is -0.444 e. The molecule has 0 aromatic heterocycles. The van der Waals surface area contributed by atoms with Crippen molar-refractivity contribution < 1.29 is 32.6 Å². The maximum absolute atomic E-state index is 14.7. The summed E-state index contributed by atoms with van der Waals surface area (Å²) in [6.45, 7) is 12.4. The molecule has 2 unspecified atom stereocenters. The summed E-state index contributed by atoms with van der Waals surface area (Å²) in [5.74, 6) is 0. The first-order valence-corrected chi connectivity index (χ1v) is 17.6. The van der Waals surface area contributed by atoms with Crippen molar-refractivity contribution in [1.82, 2.24) is 10.2 Å². The molecule has 3 aromatic carbocycles. The molecule has 0 bridgehead atoms. The van der Waals surface area contributed by atoms with Crippen LogP contribution in [0.3, 0.4) is 0 Å². The highest BCUT2D eigenvalue weighted by atomic mass is 32.2. The standard InChI is InChI=1S/C37H50N2O7S/c1-8-18-31(39(35(42)46-37(5,6)7)26-28-21-14-10-15-22-28)32(40)33(47(43,44)29-23-16-11-17-24-29)30(25-27-19-12-9-13-20-27)38-34(41)45-36(2,3)4/h9-17,19-24,30-33,40H,8,18,25-26H2,1-7H3,(H,38,41)/t30-,31-,32?,33?/m0/s1. The van der Waals surface area contributed by atoms with Gasteiger partial charge in [0, 0.05) is 6.54 Å². The second-order valence-corrected chi connectivity index (χ2v) is 15.8. The van der Waals surface area contributed by atoms with Crippen LogP contribution in [-0.4, -0.2) is 65.3 Å². The molecule has 0 aliphatic rings. The molecule has 3 aromatic rings. The summed E-state index contributed by atoms with van der Waals surface area (Å²) in [5.41, 5.74) is -0.185. The van der Waals surface area contributed by atoms with E-state index in [2.05, 4.69) is 5.32 Å². The Morgan fingerprint density at radius 3 is 1.77 bits per heavy atom. The lowest BCUT2D eigenvalue weighted by atomic mass is 9.93. The maximum atomic E-state index is 14.7. The minimum atomic E-state index is -4.34. The molecule has 0 spiro atoms. The van der Waals surface area contributed by atoms with Gasteiger partial charge in [0.25, 0.3) is 0 Å². The molecule has 2 amide bonds. The van der Waals surface area contributed by atoms with Gasteiger partial charge in [-0.1, -0.05) is 92.2 Å². The van der Waals surface area contributed by atoms with Gasteiger partial charge in [0.15, 0.2) is 9.84 Å². The van der Waals surface area contributed by atoms with Crippen LogP contribution in [0, 0.1) is 0 Å². The highest BCUT2D eigenvalue weighted by Gasteiger charge is 2.47. The molecule has 0 aliphatic carbocycles. The van der Waals surface area contributed by atoms with Crippen LogP contribution in [0.15, 0.2) is 95.9 Å². The first-order chi connectivity index (χ1) is 22.0. The second kappa shape index (κ2) is 16.3. The molecule has 4 atom stereocenters. The number of alkyl carbamates (subject to hydrolysis) is 1. The Kier molecular flexibility index (Phi) is 13.0. The van der Waals surface area contributed by atoms with E-state index >= 15 is 0 Å². The Hall–Kier alpha value is -3.89. The topological polar surface area (TPSA) is 122 Å². The largest absolute Gasteiger partial charge is 0.444 e. The van der Waals surface area contributed by atoms with Crippen LogP contribution in [0.5, 0.6) is 0 Å². The molecular formula is C37H50N2O7S. The molecular weight excluding hydrogens is 616 g/mol. The monoisotopic (exact) mass is 666 g/mol. The van der Waals surface area contributed by atoms with E-state index in [4.69, 9.17) is 9.47 Å². The number of sulfone groups is 1. The number of hydrogen-bond donors (Lipinski definition) is 2. The lowest BCUT2D eigenvalue weighted by molar-refractivity contribution is -0.0141. The fourth-order valence-corrected chi connectivity index (χ4v) is 7.42. The van der Waals surface area contributed by atoms with Crippen molar-refractivity contribution in [3.8, 4) is 0 Å². The van der Waals surface area contributed by atoms with Crippen molar-refractivity contribution in [2.75, 3.05) is 0 Å². The Labute approximate surface area is 280 Å². The number of amides is 2. The van der Waals surface area contributed by atoms with E-state index in [1.54, 1.807) is 59.7 Å². The fourth-order valence-electron chi connectivity index (χ4n) is 5.42. The van der Waals surface area contributed by atoms with E-state index in [0.717, 1.165) is 11.1 Å². The number of benzene rings is 3. The zero-order valence-corrected chi connectivity index (χ0v) is 29.4. The molecule has 0 heterocycles. The van der Waals surface area contributed by atoms with Crippen molar-refractivity contribution >= 4 is 22.0 Å². The summed E-state index contributed by atoms with van der Waals surface area (Å²) in [5, 5.41) is 13.7. The molecule has 47 heavy (non-hydrogen) atoms. The molecule has 9 nitrogen and oxygen atoms in total. The van der Waals surface area contributed by atoms with Gasteiger partial charge in [0.1, 0.15) is 16.5 Å². The van der Waals surface area contributed by atoms with Crippen LogP contribution in [0.25, 0.3) is 0 Å². The van der Waals surface area contributed by atoms with Crippen LogP contribution in [0.1, 0.15) is 72.4 Å². The lowest BCUT2D eigenvalue weighted by Crippen LogP contribution is -2.60. The SMILES string of the molecule is CCC[C@@H](C(O)C([C@H](Cc1ccccc1)NC(=O)OC(C)(C)C)S(=O)(=O)c1ccccc1)N(Cc1ccccc1)C(=O)OC(C)(C)C. The number of ether oxygens (including phenoxy) is 2. The highest BCUT2D eigenvalue weighted by Crippen LogP contribution is 2.30. The number of aliphatic hydroxyl groups excluding tert-OH is 1. The van der Waals surface area contributed by atoms with Crippen LogP contribution in [0.2, 0.25) is 0 Å². The van der Waals surface area contributed by atoms with E-state index in [0.29, 0.717) is 6.42 Å². The van der Waals surface area contributed by atoms with Crippen LogP contribution in [-0.2, 0) is 32.3 Å². The zero-order valence-electron chi connectivity index (χ0n) is 28.6. The van der Waals surface area contributed by atoms with Gasteiger partial charge in [0.05, 0.1) is 23.1 Å². The number of nitrogens with zero attached hydrogens (tertiary/aromatic N) is 1. The van der Waals surface area contributed by atoms with Crippen molar-refractivity contribution in [1.29, 1.82) is 0 Å². The van der Waals surface area contributed by atoms with Gasteiger partial charge in [0.2, 0.25) is 0 Å². The van der Waals surface area contributed by atoms with Gasteiger partial charge in [-0.2, -0.15) is 0 Å². The third kappa shape index (κ3) is 11.4. The van der Waals surface area contributed by atoms with Gasteiger partial charge in [-0.15, -0.1) is 0 Å². The van der Waals surface area contributed by atoms with Gasteiger partial charge >= 0.3 is 12.2 Å². The van der Waals surface area contributed by atoms with E-state index < -0.39 is 56.7 Å². The smallest absolute Gasteiger partial charge is 0.410 e. The number of carbonyl (C=O) groups excluding carboxylic acids is 2. The van der Waals surface area contributed by atoms with E-state index in [1.807, 2.05) is 67.6 Å². The Balaban J connectivity index is 2.23. The van der Waals surface area contributed by atoms with E-state index in [9.17, 15) is 23.1 Å². The number of hydrogen-bond acceptors (Lipinski definition) is 7. The molecule has 0 fully saturated rings. The maximum Gasteiger partial charge on any atom is 0.410 e. The lowest BCUT2D eigenvalue weighted by Gasteiger charge is -2.40. The second-order valence-electron chi connectivity index (χ2n) is 13.7. The number of rotatable bonds is 13. The summed E-state index contributed by atoms with van der Waals surface area (Å²) < 4.78 is 40.7. The Bertz CT molecular complexity index is 1520. The molecule has 2 N–H and O–H groups in total. The van der Waals surface area contributed by atoms with Crippen LogP contribution < -0.4 is 5.32 Å². The highest BCUT2D eigenvalue weighted by molar-refractivity contribution is 7.92. The van der Waals surface area contributed by atoms with Gasteiger partial charge in [-0.25, -0.2) is 18.0 Å². The summed E-state index contributed by atoms with van der Waals surface area (Å²) in [4.78, 5) is 28.6. The van der Waals surface area contributed by atoms with Crippen molar-refractivity contribution in [3.63, 3.8) is 0 Å². The van der Waals surface area contributed by atoms with Crippen molar-refractivity contribution in [2.45, 2.75) is 114 Å². The third-order valence-electron chi connectivity index (χ3n) is 7.37. The number of aliphatic hydroxyl groups is 1. The van der Waals surface area contributed by atoms with Crippen LogP contribution in [0.4, 0.5) is 9.59 Å². The summed E-state index contributed by atoms with van der Waals surface area (Å²) in [7, 11) is -4.34. The van der Waals surface area contributed by atoms with E-state index in [1.165, 1.54) is 17.0 Å². The van der Waals surface area contributed by atoms with Crippen molar-refractivity contribution in [3.05, 3.63) is 102 Å². The zero-order chi connectivity index (χ0) is 34.8.